The third-order valence-electron chi connectivity index (χ3n) is 5.94. The first-order valence-corrected chi connectivity index (χ1v) is 11.7. The van der Waals surface area contributed by atoms with Crippen LogP contribution in [0, 0.1) is 0 Å². The fourth-order valence-electron chi connectivity index (χ4n) is 4.33. The molecule has 0 unspecified atom stereocenters. The predicted molar refractivity (Wildman–Crippen MR) is 134 cm³/mol. The lowest BCUT2D eigenvalue weighted by Crippen LogP contribution is -2.08. The number of fused-ring (bicyclic) bond motifs is 3. The van der Waals surface area contributed by atoms with Gasteiger partial charge in [-0.15, -0.1) is 0 Å². The van der Waals surface area contributed by atoms with Crippen LogP contribution in [-0.2, 0) is 11.3 Å². The third-order valence-corrected chi connectivity index (χ3v) is 5.94. The van der Waals surface area contributed by atoms with Crippen LogP contribution in [0.25, 0.3) is 33.1 Å². The Kier molecular flexibility index (Phi) is 6.66. The molecular weight excluding hydrogens is 444 g/mol. The van der Waals surface area contributed by atoms with Crippen molar-refractivity contribution < 1.29 is 23.9 Å². The van der Waals surface area contributed by atoms with E-state index >= 15 is 0 Å². The summed E-state index contributed by atoms with van der Waals surface area (Å²) >= 11 is 0. The van der Waals surface area contributed by atoms with Gasteiger partial charge in [0.1, 0.15) is 18.0 Å². The van der Waals surface area contributed by atoms with Gasteiger partial charge in [0.2, 0.25) is 0 Å². The molecule has 0 saturated carbocycles. The van der Waals surface area contributed by atoms with Gasteiger partial charge in [-0.05, 0) is 49.6 Å². The molecule has 5 aromatic rings. The number of aliphatic carboxylic acids is 1. The molecule has 2 heterocycles. The fourth-order valence-corrected chi connectivity index (χ4v) is 4.33. The maximum atomic E-state index is 11.4. The van der Waals surface area contributed by atoms with Gasteiger partial charge in [0.15, 0.2) is 5.76 Å². The average molecular weight is 471 g/mol. The number of hydrogen-bond donors (Lipinski definition) is 1. The maximum Gasteiger partial charge on any atom is 0.323 e. The van der Waals surface area contributed by atoms with E-state index in [-0.39, 0.29) is 6.54 Å². The summed E-state index contributed by atoms with van der Waals surface area (Å²) in [5, 5.41) is 15.2. The molecular formula is C28H26N2O5. The number of rotatable bonds is 11. The minimum absolute atomic E-state index is 0.0902. The van der Waals surface area contributed by atoms with Gasteiger partial charge in [-0.1, -0.05) is 35.5 Å². The molecule has 7 nitrogen and oxygen atoms in total. The Morgan fingerprint density at radius 2 is 1.63 bits per heavy atom. The minimum atomic E-state index is -0.871. The number of carboxylic acid groups (broad SMARTS) is 1. The van der Waals surface area contributed by atoms with Gasteiger partial charge in [0, 0.05) is 28.4 Å². The Balaban J connectivity index is 1.14. The molecule has 0 fully saturated rings. The van der Waals surface area contributed by atoms with E-state index in [4.69, 9.17) is 14.0 Å². The number of unbranched alkanes of at least 4 members (excludes halogenated alkanes) is 2. The number of ether oxygens (including phenoxy) is 2. The summed E-state index contributed by atoms with van der Waals surface area (Å²) in [6, 6.07) is 23.3. The van der Waals surface area contributed by atoms with Crippen molar-refractivity contribution in [2.45, 2.75) is 25.8 Å². The smallest absolute Gasteiger partial charge is 0.323 e. The minimum Gasteiger partial charge on any atom is -0.494 e. The number of aromatic nitrogens is 2. The lowest BCUT2D eigenvalue weighted by molar-refractivity contribution is -0.137. The number of carboxylic acids is 1. The van der Waals surface area contributed by atoms with Crippen LogP contribution in [-0.4, -0.2) is 34.0 Å². The molecule has 0 amide bonds. The number of benzene rings is 3. The van der Waals surface area contributed by atoms with Crippen LogP contribution in [0.4, 0.5) is 0 Å². The van der Waals surface area contributed by atoms with Gasteiger partial charge < -0.3 is 23.7 Å². The van der Waals surface area contributed by atoms with Crippen LogP contribution in [0.1, 0.15) is 19.3 Å². The van der Waals surface area contributed by atoms with Crippen LogP contribution in [0.2, 0.25) is 0 Å². The van der Waals surface area contributed by atoms with Gasteiger partial charge in [-0.3, -0.25) is 4.79 Å². The Hall–Kier alpha value is -4.26. The molecule has 7 heteroatoms. The van der Waals surface area contributed by atoms with Crippen LogP contribution in [0.5, 0.6) is 11.5 Å². The van der Waals surface area contributed by atoms with E-state index in [0.717, 1.165) is 58.1 Å². The van der Waals surface area contributed by atoms with E-state index < -0.39 is 5.97 Å². The molecule has 0 spiro atoms. The normalized spacial score (nSPS) is 11.2. The Morgan fingerprint density at radius 1 is 0.857 bits per heavy atom. The lowest BCUT2D eigenvalue weighted by Gasteiger charge is -2.10. The molecule has 0 aliphatic rings. The van der Waals surface area contributed by atoms with Crippen molar-refractivity contribution in [1.82, 2.24) is 9.72 Å². The first kappa shape index (κ1) is 22.5. The number of para-hydroxylation sites is 2. The van der Waals surface area contributed by atoms with Gasteiger partial charge in [-0.25, -0.2) is 0 Å². The number of carbonyl (C=O) groups is 1. The van der Waals surface area contributed by atoms with Gasteiger partial charge in [0.05, 0.1) is 30.5 Å². The highest BCUT2D eigenvalue weighted by atomic mass is 16.5. The van der Waals surface area contributed by atoms with Crippen molar-refractivity contribution >= 4 is 27.8 Å². The fraction of sp³-hybridized carbons (Fsp3) is 0.214. The summed E-state index contributed by atoms with van der Waals surface area (Å²) in [5.74, 6) is 1.34. The first-order valence-electron chi connectivity index (χ1n) is 11.7. The van der Waals surface area contributed by atoms with Crippen molar-refractivity contribution in [2.24, 2.45) is 0 Å². The number of hydrogen-bond acceptors (Lipinski definition) is 5. The van der Waals surface area contributed by atoms with E-state index in [1.807, 2.05) is 77.4 Å². The van der Waals surface area contributed by atoms with Crippen molar-refractivity contribution in [1.29, 1.82) is 0 Å². The van der Waals surface area contributed by atoms with Crippen molar-refractivity contribution in [3.8, 4) is 22.8 Å². The van der Waals surface area contributed by atoms with Gasteiger partial charge >= 0.3 is 5.97 Å². The van der Waals surface area contributed by atoms with Gasteiger partial charge in [-0.2, -0.15) is 0 Å². The molecule has 0 atom stereocenters. The quantitative estimate of drug-likeness (QED) is 0.233. The predicted octanol–water partition coefficient (Wildman–Crippen LogP) is 6.16. The van der Waals surface area contributed by atoms with Crippen LogP contribution >= 0.6 is 0 Å². The molecule has 3 aromatic carbocycles. The van der Waals surface area contributed by atoms with Crippen LogP contribution in [0.15, 0.2) is 83.5 Å². The van der Waals surface area contributed by atoms with E-state index in [9.17, 15) is 9.90 Å². The monoisotopic (exact) mass is 470 g/mol. The standard InChI is InChI=1S/C28H26N2O5/c31-28(32)19-30-24-10-4-2-8-21(24)22-13-12-20(18-25(22)30)33-16-6-1-7-17-34-26-11-5-3-9-23(26)27-14-15-29-35-27/h2-5,8-15,18H,1,6-7,16-17,19H2,(H,31,32). The third kappa shape index (κ3) is 4.99. The van der Waals surface area contributed by atoms with Gasteiger partial charge in [0.25, 0.3) is 0 Å². The highest BCUT2D eigenvalue weighted by molar-refractivity contribution is 6.08. The Morgan fingerprint density at radius 3 is 2.46 bits per heavy atom. The van der Waals surface area contributed by atoms with Crippen LogP contribution in [0.3, 0.4) is 0 Å². The van der Waals surface area contributed by atoms with E-state index in [1.54, 1.807) is 6.20 Å². The zero-order chi connectivity index (χ0) is 24.0. The second kappa shape index (κ2) is 10.3. The zero-order valence-electron chi connectivity index (χ0n) is 19.2. The lowest BCUT2D eigenvalue weighted by atomic mass is 10.1. The summed E-state index contributed by atoms with van der Waals surface area (Å²) in [6.07, 6.45) is 4.38. The molecule has 0 aliphatic heterocycles. The molecule has 0 aliphatic carbocycles. The molecule has 0 radical (unpaired) electrons. The summed E-state index contributed by atoms with van der Waals surface area (Å²) in [4.78, 5) is 11.4. The molecule has 35 heavy (non-hydrogen) atoms. The highest BCUT2D eigenvalue weighted by Crippen LogP contribution is 2.32. The van der Waals surface area contributed by atoms with Crippen LogP contribution < -0.4 is 9.47 Å². The van der Waals surface area contributed by atoms with E-state index in [1.165, 1.54) is 0 Å². The second-order valence-electron chi connectivity index (χ2n) is 8.31. The molecule has 2 aromatic heterocycles. The zero-order valence-corrected chi connectivity index (χ0v) is 19.2. The average Bonchev–Trinajstić information content (AvgIpc) is 3.51. The summed E-state index contributed by atoms with van der Waals surface area (Å²) in [5.41, 5.74) is 2.67. The molecule has 1 N–H and O–H groups in total. The Labute approximate surface area is 202 Å². The Bertz CT molecular complexity index is 1440. The molecule has 0 saturated heterocycles. The number of nitrogens with zero attached hydrogens (tertiary/aromatic N) is 2. The SMILES string of the molecule is O=C(O)Cn1c2ccccc2c2ccc(OCCCCCOc3ccccc3-c3ccno3)cc21. The summed E-state index contributed by atoms with van der Waals surface area (Å²) < 4.78 is 19.0. The highest BCUT2D eigenvalue weighted by Gasteiger charge is 2.13. The van der Waals surface area contributed by atoms with Crippen molar-refractivity contribution in [3.05, 3.63) is 79.0 Å². The second-order valence-corrected chi connectivity index (χ2v) is 8.31. The summed E-state index contributed by atoms with van der Waals surface area (Å²) in [6.45, 7) is 1.10. The summed E-state index contributed by atoms with van der Waals surface area (Å²) in [7, 11) is 0. The molecule has 5 rings (SSSR count). The largest absolute Gasteiger partial charge is 0.494 e. The maximum absolute atomic E-state index is 11.4. The van der Waals surface area contributed by atoms with E-state index in [2.05, 4.69) is 5.16 Å². The first-order chi connectivity index (χ1) is 17.2. The van der Waals surface area contributed by atoms with Crippen molar-refractivity contribution in [3.63, 3.8) is 0 Å². The molecule has 178 valence electrons. The topological polar surface area (TPSA) is 86.7 Å². The van der Waals surface area contributed by atoms with Crippen molar-refractivity contribution in [2.75, 3.05) is 13.2 Å². The van der Waals surface area contributed by atoms with E-state index in [0.29, 0.717) is 19.0 Å². The molecule has 0 bridgehead atoms.